The Morgan fingerprint density at radius 2 is 1.79 bits per heavy atom. The van der Waals surface area contributed by atoms with E-state index in [9.17, 15) is 9.59 Å². The van der Waals surface area contributed by atoms with E-state index in [1.54, 1.807) is 11.1 Å². The van der Waals surface area contributed by atoms with Crippen LogP contribution in [0.25, 0.3) is 0 Å². The smallest absolute Gasteiger partial charge is 0.309 e. The molecule has 7 heteroatoms. The molecule has 1 aliphatic rings. The van der Waals surface area contributed by atoms with Crippen LogP contribution < -0.4 is 9.64 Å². The van der Waals surface area contributed by atoms with Crippen LogP contribution in [-0.2, 0) is 14.3 Å². The Morgan fingerprint density at radius 3 is 2.50 bits per heavy atom. The molecule has 1 saturated heterocycles. The van der Waals surface area contributed by atoms with Crippen molar-refractivity contribution in [1.82, 2.24) is 9.88 Å². The van der Waals surface area contributed by atoms with Gasteiger partial charge >= 0.3 is 5.97 Å². The summed E-state index contributed by atoms with van der Waals surface area (Å²) in [6.45, 7) is 4.53. The standard InChI is InChI=1S/C21H25N3O4/c1-17-6-2-3-7-18(17)27-15-9-21(26)28-16-20(25)24-13-11-23(12-14-24)19-8-4-5-10-22-19/h2-8,10H,9,11-16H2,1H3. The van der Waals surface area contributed by atoms with E-state index in [0.29, 0.717) is 26.2 Å². The highest BCUT2D eigenvalue weighted by molar-refractivity contribution is 5.80. The summed E-state index contributed by atoms with van der Waals surface area (Å²) < 4.78 is 10.7. The summed E-state index contributed by atoms with van der Waals surface area (Å²) in [5.74, 6) is 1.05. The van der Waals surface area contributed by atoms with Gasteiger partial charge in [0.15, 0.2) is 6.61 Å². The summed E-state index contributed by atoms with van der Waals surface area (Å²) in [5, 5.41) is 0. The van der Waals surface area contributed by atoms with Crippen molar-refractivity contribution in [2.45, 2.75) is 13.3 Å². The molecule has 0 N–H and O–H groups in total. The number of piperazine rings is 1. The van der Waals surface area contributed by atoms with Crippen LogP contribution in [0.2, 0.25) is 0 Å². The van der Waals surface area contributed by atoms with Crippen LogP contribution in [0.4, 0.5) is 5.82 Å². The maximum absolute atomic E-state index is 12.3. The number of rotatable bonds is 7. The van der Waals surface area contributed by atoms with Crippen LogP contribution in [-0.4, -0.2) is 61.2 Å². The van der Waals surface area contributed by atoms with Crippen molar-refractivity contribution >= 4 is 17.7 Å². The predicted molar refractivity (Wildman–Crippen MR) is 105 cm³/mol. The molecule has 0 saturated carbocycles. The molecule has 0 radical (unpaired) electrons. The quantitative estimate of drug-likeness (QED) is 0.682. The third kappa shape index (κ3) is 5.45. The molecular weight excluding hydrogens is 358 g/mol. The molecule has 1 aliphatic heterocycles. The zero-order chi connectivity index (χ0) is 19.8. The lowest BCUT2D eigenvalue weighted by Gasteiger charge is -2.35. The van der Waals surface area contributed by atoms with Gasteiger partial charge in [-0.3, -0.25) is 9.59 Å². The molecule has 3 rings (SSSR count). The molecule has 0 spiro atoms. The Kier molecular flexibility index (Phi) is 6.84. The van der Waals surface area contributed by atoms with Gasteiger partial charge in [-0.15, -0.1) is 0 Å². The topological polar surface area (TPSA) is 72.0 Å². The van der Waals surface area contributed by atoms with Crippen LogP contribution in [0.15, 0.2) is 48.7 Å². The molecule has 2 heterocycles. The number of benzene rings is 1. The second-order valence-electron chi connectivity index (χ2n) is 6.58. The first-order valence-corrected chi connectivity index (χ1v) is 9.41. The number of aryl methyl sites for hydroxylation is 1. The number of hydrogen-bond acceptors (Lipinski definition) is 6. The van der Waals surface area contributed by atoms with Crippen LogP contribution in [0.3, 0.4) is 0 Å². The molecule has 0 unspecified atom stereocenters. The number of esters is 1. The molecule has 2 aromatic rings. The van der Waals surface area contributed by atoms with Gasteiger partial charge in [-0.25, -0.2) is 4.98 Å². The van der Waals surface area contributed by atoms with Crippen molar-refractivity contribution in [3.63, 3.8) is 0 Å². The number of carbonyl (C=O) groups excluding carboxylic acids is 2. The molecule has 28 heavy (non-hydrogen) atoms. The minimum atomic E-state index is -0.436. The summed E-state index contributed by atoms with van der Waals surface area (Å²) in [7, 11) is 0. The van der Waals surface area contributed by atoms with Crippen LogP contribution in [0, 0.1) is 6.92 Å². The van der Waals surface area contributed by atoms with E-state index < -0.39 is 5.97 Å². The Bertz CT molecular complexity index is 789. The van der Waals surface area contributed by atoms with Crippen molar-refractivity contribution < 1.29 is 19.1 Å². The van der Waals surface area contributed by atoms with Crippen molar-refractivity contribution in [1.29, 1.82) is 0 Å². The summed E-state index contributed by atoms with van der Waals surface area (Å²) in [4.78, 5) is 32.3. The fourth-order valence-corrected chi connectivity index (χ4v) is 2.99. The molecule has 7 nitrogen and oxygen atoms in total. The van der Waals surface area contributed by atoms with Gasteiger partial charge in [-0.1, -0.05) is 24.3 Å². The first-order chi connectivity index (χ1) is 13.6. The molecule has 1 amide bonds. The number of anilines is 1. The fraction of sp³-hybridized carbons (Fsp3) is 0.381. The first-order valence-electron chi connectivity index (χ1n) is 9.41. The van der Waals surface area contributed by atoms with E-state index in [-0.39, 0.29) is 25.5 Å². The van der Waals surface area contributed by atoms with Crippen molar-refractivity contribution in [3.05, 3.63) is 54.2 Å². The largest absolute Gasteiger partial charge is 0.493 e. The van der Waals surface area contributed by atoms with E-state index in [0.717, 1.165) is 17.1 Å². The molecule has 0 bridgehead atoms. The summed E-state index contributed by atoms with van der Waals surface area (Å²) in [6.07, 6.45) is 1.87. The number of hydrogen-bond donors (Lipinski definition) is 0. The van der Waals surface area contributed by atoms with Gasteiger partial charge < -0.3 is 19.3 Å². The number of nitrogens with zero attached hydrogens (tertiary/aromatic N) is 3. The number of aromatic nitrogens is 1. The van der Waals surface area contributed by atoms with E-state index >= 15 is 0 Å². The molecule has 1 fully saturated rings. The average molecular weight is 383 g/mol. The second kappa shape index (κ2) is 9.73. The van der Waals surface area contributed by atoms with Crippen LogP contribution in [0.1, 0.15) is 12.0 Å². The molecule has 148 valence electrons. The normalized spacial score (nSPS) is 13.9. The lowest BCUT2D eigenvalue weighted by atomic mass is 10.2. The van der Waals surface area contributed by atoms with Gasteiger partial charge in [0.05, 0.1) is 13.0 Å². The van der Waals surface area contributed by atoms with Gasteiger partial charge in [0, 0.05) is 32.4 Å². The molecule has 1 aromatic carbocycles. The van der Waals surface area contributed by atoms with E-state index in [1.165, 1.54) is 0 Å². The zero-order valence-corrected chi connectivity index (χ0v) is 16.0. The SMILES string of the molecule is Cc1ccccc1OCCC(=O)OCC(=O)N1CCN(c2ccccn2)CC1. The molecule has 1 aromatic heterocycles. The Morgan fingerprint density at radius 1 is 1.04 bits per heavy atom. The lowest BCUT2D eigenvalue weighted by molar-refractivity contribution is -0.152. The molecule has 0 atom stereocenters. The van der Waals surface area contributed by atoms with Crippen LogP contribution >= 0.6 is 0 Å². The Labute approximate surface area is 164 Å². The third-order valence-electron chi connectivity index (χ3n) is 4.62. The first kappa shape index (κ1) is 19.7. The highest BCUT2D eigenvalue weighted by atomic mass is 16.5. The van der Waals surface area contributed by atoms with Crippen molar-refractivity contribution in [2.75, 3.05) is 44.3 Å². The average Bonchev–Trinajstić information content (AvgIpc) is 2.74. The monoisotopic (exact) mass is 383 g/mol. The van der Waals surface area contributed by atoms with Gasteiger partial charge in [0.1, 0.15) is 11.6 Å². The van der Waals surface area contributed by atoms with E-state index in [1.807, 2.05) is 49.4 Å². The zero-order valence-electron chi connectivity index (χ0n) is 16.0. The van der Waals surface area contributed by atoms with Crippen LogP contribution in [0.5, 0.6) is 5.75 Å². The summed E-state index contributed by atoms with van der Waals surface area (Å²) in [5.41, 5.74) is 1.01. The molecule has 0 aliphatic carbocycles. The second-order valence-corrected chi connectivity index (χ2v) is 6.58. The number of carbonyl (C=O) groups is 2. The molecular formula is C21H25N3O4. The predicted octanol–water partition coefficient (Wildman–Crippen LogP) is 2.05. The number of pyridine rings is 1. The highest BCUT2D eigenvalue weighted by Gasteiger charge is 2.22. The van der Waals surface area contributed by atoms with Gasteiger partial charge in [0.2, 0.25) is 0 Å². The van der Waals surface area contributed by atoms with E-state index in [2.05, 4.69) is 9.88 Å². The third-order valence-corrected chi connectivity index (χ3v) is 4.62. The van der Waals surface area contributed by atoms with Crippen molar-refractivity contribution in [2.24, 2.45) is 0 Å². The van der Waals surface area contributed by atoms with Gasteiger partial charge in [-0.05, 0) is 30.7 Å². The minimum Gasteiger partial charge on any atom is -0.493 e. The maximum Gasteiger partial charge on any atom is 0.309 e. The summed E-state index contributed by atoms with van der Waals surface area (Å²) in [6, 6.07) is 13.4. The maximum atomic E-state index is 12.3. The number of para-hydroxylation sites is 1. The highest BCUT2D eigenvalue weighted by Crippen LogP contribution is 2.16. The van der Waals surface area contributed by atoms with E-state index in [4.69, 9.17) is 9.47 Å². The number of ether oxygens (including phenoxy) is 2. The van der Waals surface area contributed by atoms with Crippen molar-refractivity contribution in [3.8, 4) is 5.75 Å². The fourth-order valence-electron chi connectivity index (χ4n) is 2.99. The summed E-state index contributed by atoms with van der Waals surface area (Å²) >= 11 is 0. The van der Waals surface area contributed by atoms with Gasteiger partial charge in [0.25, 0.3) is 5.91 Å². The number of amides is 1. The van der Waals surface area contributed by atoms with Gasteiger partial charge in [-0.2, -0.15) is 0 Å². The minimum absolute atomic E-state index is 0.106. The lowest BCUT2D eigenvalue weighted by Crippen LogP contribution is -2.50. The Balaban J connectivity index is 1.34. The Hall–Kier alpha value is -3.09.